The number of likely N-dealkylation sites (tertiary alicyclic amines) is 1. The van der Waals surface area contributed by atoms with E-state index in [9.17, 15) is 18.4 Å². The van der Waals surface area contributed by atoms with E-state index in [1.165, 1.54) is 11.3 Å². The Hall–Kier alpha value is -3.41. The van der Waals surface area contributed by atoms with Crippen LogP contribution in [0.1, 0.15) is 65.2 Å². The molecule has 7 rings (SSSR count). The normalized spacial score (nSPS) is 20.2. The van der Waals surface area contributed by atoms with Crippen LogP contribution >= 0.6 is 22.9 Å². The number of halogens is 3. The Kier molecular flexibility index (Phi) is 8.59. The number of rotatable bonds is 8. The minimum absolute atomic E-state index is 0.0206. The van der Waals surface area contributed by atoms with Crippen LogP contribution in [0.3, 0.4) is 0 Å². The third-order valence-corrected chi connectivity index (χ3v) is 11.5. The summed E-state index contributed by atoms with van der Waals surface area (Å²) in [5.74, 6) is -1.19. The summed E-state index contributed by atoms with van der Waals surface area (Å²) in [7, 11) is 0. The van der Waals surface area contributed by atoms with E-state index in [4.69, 9.17) is 27.1 Å². The minimum Gasteiger partial charge on any atom is -0.491 e. The summed E-state index contributed by atoms with van der Waals surface area (Å²) < 4.78 is 35.7. The minimum atomic E-state index is -2.46. The van der Waals surface area contributed by atoms with Crippen molar-refractivity contribution >= 4 is 39.1 Å². The van der Waals surface area contributed by atoms with E-state index in [-0.39, 0.29) is 37.0 Å². The summed E-state index contributed by atoms with van der Waals surface area (Å²) in [6, 6.07) is 7.61. The Morgan fingerprint density at radius 2 is 1.87 bits per heavy atom. The molecule has 3 aliphatic rings. The van der Waals surface area contributed by atoms with E-state index < -0.39 is 11.8 Å². The Bertz CT molecular complexity index is 1910. The molecule has 1 unspecified atom stereocenters. The standard InChI is InChI=1S/C35H38ClF2N5O3S/c1-19-13-26(32-31(40-19)28(18-47-32)33(39)44)25-14-23(36)3-6-30(25)46-12-11-43-20(2)41-29-5-4-24(15-27(29)34(43)45)42-9-7-21(8-10-42)22-16-35(37,38)17-22/h3,6,13-14,18,21-22,24H,4-5,7-12,15-17H2,1-2H3,(H2,39,44). The number of primary amides is 1. The van der Waals surface area contributed by atoms with E-state index >= 15 is 0 Å². The van der Waals surface area contributed by atoms with Crippen LogP contribution in [-0.4, -0.2) is 57.0 Å². The van der Waals surface area contributed by atoms with Gasteiger partial charge in [0.15, 0.2) is 0 Å². The smallest absolute Gasteiger partial charge is 0.257 e. The number of benzene rings is 1. The van der Waals surface area contributed by atoms with E-state index in [1.807, 2.05) is 32.0 Å². The van der Waals surface area contributed by atoms with Gasteiger partial charge in [0.2, 0.25) is 5.92 Å². The maximum atomic E-state index is 13.8. The molecule has 8 nitrogen and oxygen atoms in total. The number of pyridine rings is 1. The van der Waals surface area contributed by atoms with Gasteiger partial charge in [-0.25, -0.2) is 13.8 Å². The number of thiophene rings is 1. The van der Waals surface area contributed by atoms with Crippen molar-refractivity contribution in [2.75, 3.05) is 19.7 Å². The molecule has 4 aromatic rings. The number of hydrogen-bond acceptors (Lipinski definition) is 7. The maximum Gasteiger partial charge on any atom is 0.257 e. The van der Waals surface area contributed by atoms with Crippen molar-refractivity contribution in [1.82, 2.24) is 19.4 Å². The summed E-state index contributed by atoms with van der Waals surface area (Å²) in [4.78, 5) is 37.7. The van der Waals surface area contributed by atoms with Gasteiger partial charge in [0.25, 0.3) is 11.5 Å². The van der Waals surface area contributed by atoms with Crippen LogP contribution in [0.5, 0.6) is 5.75 Å². The Morgan fingerprint density at radius 1 is 1.11 bits per heavy atom. The highest BCUT2D eigenvalue weighted by Gasteiger charge is 2.48. The second-order valence-electron chi connectivity index (χ2n) is 13.3. The zero-order valence-electron chi connectivity index (χ0n) is 26.5. The van der Waals surface area contributed by atoms with Gasteiger partial charge in [-0.05, 0) is 95.1 Å². The van der Waals surface area contributed by atoms with E-state index in [0.29, 0.717) is 46.6 Å². The molecule has 1 saturated carbocycles. The van der Waals surface area contributed by atoms with E-state index in [2.05, 4.69) is 9.88 Å². The molecule has 2 N–H and O–H groups in total. The molecular formula is C35H38ClF2N5O3S. The first-order valence-corrected chi connectivity index (χ1v) is 17.6. The highest BCUT2D eigenvalue weighted by Crippen LogP contribution is 2.49. The number of nitrogens with two attached hydrogens (primary N) is 1. The lowest BCUT2D eigenvalue weighted by molar-refractivity contribution is -0.132. The first kappa shape index (κ1) is 32.2. The Labute approximate surface area is 280 Å². The number of aromatic nitrogens is 3. The van der Waals surface area contributed by atoms with Gasteiger partial charge in [-0.3, -0.25) is 19.1 Å². The molecule has 1 atom stereocenters. The van der Waals surface area contributed by atoms with Gasteiger partial charge in [0.1, 0.15) is 18.2 Å². The molecule has 248 valence electrons. The molecular weight excluding hydrogens is 644 g/mol. The third kappa shape index (κ3) is 6.29. The summed E-state index contributed by atoms with van der Waals surface area (Å²) in [5, 5.41) is 2.26. The lowest BCUT2D eigenvalue weighted by atomic mass is 9.69. The largest absolute Gasteiger partial charge is 0.491 e. The summed E-state index contributed by atoms with van der Waals surface area (Å²) in [6.45, 7) is 6.08. The average molecular weight is 682 g/mol. The topological polar surface area (TPSA) is 103 Å². The van der Waals surface area contributed by atoms with Crippen molar-refractivity contribution in [3.63, 3.8) is 0 Å². The highest BCUT2D eigenvalue weighted by atomic mass is 35.5. The van der Waals surface area contributed by atoms with Crippen LogP contribution in [0.15, 0.2) is 34.4 Å². The molecule has 0 radical (unpaired) electrons. The van der Waals surface area contributed by atoms with Crippen LogP contribution in [0.4, 0.5) is 8.78 Å². The lowest BCUT2D eigenvalue weighted by Crippen LogP contribution is -2.49. The number of alkyl halides is 2. The van der Waals surface area contributed by atoms with Gasteiger partial charge in [-0.2, -0.15) is 0 Å². The lowest BCUT2D eigenvalue weighted by Gasteiger charge is -2.45. The predicted molar refractivity (Wildman–Crippen MR) is 180 cm³/mol. The second kappa shape index (κ2) is 12.6. The molecule has 3 aromatic heterocycles. The van der Waals surface area contributed by atoms with Crippen LogP contribution < -0.4 is 16.0 Å². The fourth-order valence-corrected chi connectivity index (χ4v) is 8.98. The summed E-state index contributed by atoms with van der Waals surface area (Å²) in [6.07, 6.45) is 4.35. The quantitative estimate of drug-likeness (QED) is 0.225. The van der Waals surface area contributed by atoms with Crippen LogP contribution in [0.2, 0.25) is 5.02 Å². The zero-order valence-corrected chi connectivity index (χ0v) is 28.1. The number of fused-ring (bicyclic) bond motifs is 2. The van der Waals surface area contributed by atoms with Crippen molar-refractivity contribution in [3.05, 3.63) is 73.4 Å². The molecule has 1 saturated heterocycles. The molecule has 0 spiro atoms. The van der Waals surface area contributed by atoms with Crippen LogP contribution in [0, 0.1) is 25.7 Å². The SMILES string of the molecule is Cc1cc(-c2cc(Cl)ccc2OCCn2c(C)nc3c(c2=O)CC(N2CCC(C4CC(F)(F)C4)CC2)CC3)c2scc(C(N)=O)c2n1. The van der Waals surface area contributed by atoms with Crippen molar-refractivity contribution in [1.29, 1.82) is 0 Å². The van der Waals surface area contributed by atoms with Gasteiger partial charge in [0.05, 0.1) is 28.0 Å². The number of aryl methyl sites for hydroxylation is 3. The summed E-state index contributed by atoms with van der Waals surface area (Å²) >= 11 is 7.83. The molecule has 2 fully saturated rings. The molecule has 47 heavy (non-hydrogen) atoms. The first-order chi connectivity index (χ1) is 22.5. The monoisotopic (exact) mass is 681 g/mol. The van der Waals surface area contributed by atoms with Gasteiger partial charge >= 0.3 is 0 Å². The number of carbonyl (C=O) groups excluding carboxylic acids is 1. The zero-order chi connectivity index (χ0) is 33.0. The molecule has 0 bridgehead atoms. The van der Waals surface area contributed by atoms with E-state index in [0.717, 1.165) is 71.6 Å². The number of nitrogens with zero attached hydrogens (tertiary/aromatic N) is 4. The molecule has 1 aliphatic heterocycles. The predicted octanol–water partition coefficient (Wildman–Crippen LogP) is 6.58. The van der Waals surface area contributed by atoms with E-state index in [1.54, 1.807) is 16.0 Å². The third-order valence-electron chi connectivity index (χ3n) is 10.3. The van der Waals surface area contributed by atoms with Gasteiger partial charge in [-0.15, -0.1) is 11.3 Å². The van der Waals surface area contributed by atoms with Crippen molar-refractivity contribution in [2.24, 2.45) is 17.6 Å². The Balaban J connectivity index is 1.06. The maximum absolute atomic E-state index is 13.8. The average Bonchev–Trinajstić information content (AvgIpc) is 3.46. The molecule has 1 amide bonds. The molecule has 4 heterocycles. The highest BCUT2D eigenvalue weighted by molar-refractivity contribution is 7.18. The molecule has 2 aliphatic carbocycles. The summed E-state index contributed by atoms with van der Waals surface area (Å²) in [5.41, 5.74) is 10.5. The second-order valence-corrected chi connectivity index (χ2v) is 14.6. The van der Waals surface area contributed by atoms with Gasteiger partial charge < -0.3 is 15.4 Å². The fourth-order valence-electron chi connectivity index (χ4n) is 7.78. The van der Waals surface area contributed by atoms with Gasteiger partial charge in [0, 0.05) is 51.7 Å². The van der Waals surface area contributed by atoms with Crippen molar-refractivity contribution < 1.29 is 18.3 Å². The fraction of sp³-hybridized carbons (Fsp3) is 0.486. The van der Waals surface area contributed by atoms with Crippen molar-refractivity contribution in [3.8, 4) is 16.9 Å². The molecule has 1 aromatic carbocycles. The number of carbonyl (C=O) groups is 1. The molecule has 12 heteroatoms. The number of hydrogen-bond donors (Lipinski definition) is 1. The van der Waals surface area contributed by atoms with Crippen molar-refractivity contribution in [2.45, 2.75) is 77.3 Å². The number of ether oxygens (including phenoxy) is 1. The van der Waals surface area contributed by atoms with Crippen LogP contribution in [0.25, 0.3) is 21.3 Å². The van der Waals surface area contributed by atoms with Crippen LogP contribution in [-0.2, 0) is 19.4 Å². The first-order valence-electron chi connectivity index (χ1n) is 16.3. The number of amides is 1. The van der Waals surface area contributed by atoms with Gasteiger partial charge in [-0.1, -0.05) is 11.6 Å². The Morgan fingerprint density at radius 3 is 2.60 bits per heavy atom. The number of piperidine rings is 1.